The first kappa shape index (κ1) is 101. The van der Waals surface area contributed by atoms with Crippen LogP contribution in [0.25, 0.3) is 0 Å². The number of ether oxygens (including phenoxy) is 3. The number of carbonyl (C=O) groups excluding carboxylic acids is 5. The Morgan fingerprint density at radius 3 is 1.02 bits per heavy atom. The molecule has 8 aromatic heterocycles. The van der Waals surface area contributed by atoms with E-state index in [9.17, 15) is 24.0 Å². The number of amides is 2. The molecule has 0 spiro atoms. The van der Waals surface area contributed by atoms with Gasteiger partial charge in [-0.05, 0) is 226 Å². The van der Waals surface area contributed by atoms with Crippen molar-refractivity contribution in [1.82, 2.24) is 64.8 Å². The van der Waals surface area contributed by atoms with Crippen LogP contribution in [0.3, 0.4) is 0 Å². The van der Waals surface area contributed by atoms with Crippen molar-refractivity contribution in [2.45, 2.75) is 254 Å². The largest absolute Gasteiger partial charge is 0.494 e. The third-order valence-corrected chi connectivity index (χ3v) is 22.0. The normalized spacial score (nSPS) is 11.3. The van der Waals surface area contributed by atoms with Crippen molar-refractivity contribution in [2.75, 3.05) is 44.0 Å². The average molecular weight is 1770 g/mol. The fourth-order valence-electron chi connectivity index (χ4n) is 15.5. The van der Waals surface area contributed by atoms with E-state index in [1.165, 1.54) is 7.11 Å². The zero-order valence-electron chi connectivity index (χ0n) is 77.7. The summed E-state index contributed by atoms with van der Waals surface area (Å²) < 4.78 is 17.8. The van der Waals surface area contributed by atoms with E-state index < -0.39 is 0 Å². The Kier molecular flexibility index (Phi) is 45.2. The number of Topliss-reactive ketones (excluding diaryl/α,β-unsaturated/α-hetero) is 2. The molecule has 692 valence electrons. The molecule has 0 unspecified atom stereocenters. The van der Waals surface area contributed by atoms with Crippen LogP contribution in [0.2, 0.25) is 0 Å². The highest BCUT2D eigenvalue weighted by molar-refractivity contribution is 5.90. The lowest BCUT2D eigenvalue weighted by Gasteiger charge is -2.25. The zero-order valence-corrected chi connectivity index (χ0v) is 77.7. The number of aromatic nitrogens is 8. The van der Waals surface area contributed by atoms with E-state index in [0.717, 1.165) is 206 Å². The molecule has 3 aromatic carbocycles. The average Bonchev–Trinajstić information content (AvgIpc) is 0.835. The molecule has 0 fully saturated rings. The number of nitrogens with one attached hydrogen (secondary N) is 3. The Labute approximate surface area is 776 Å². The lowest BCUT2D eigenvalue weighted by Crippen LogP contribution is -2.25. The van der Waals surface area contributed by atoms with Gasteiger partial charge < -0.3 is 35.9 Å². The number of rotatable bonds is 60. The molecule has 24 heteroatoms. The second kappa shape index (κ2) is 58.6. The quantitative estimate of drug-likeness (QED) is 0.0203. The molecule has 0 saturated heterocycles. The van der Waals surface area contributed by atoms with Crippen molar-refractivity contribution in [1.29, 1.82) is 0 Å². The number of methoxy groups -OCH3 is 1. The number of nitrogens with two attached hydrogens (primary N) is 1. The summed E-state index contributed by atoms with van der Waals surface area (Å²) in [5.74, 6) is 2.80. The first-order valence-corrected chi connectivity index (χ1v) is 47.2. The topological polar surface area (TPSA) is 291 Å². The van der Waals surface area contributed by atoms with Gasteiger partial charge in [0.15, 0.2) is 0 Å². The molecule has 0 radical (unpaired) electrons. The van der Waals surface area contributed by atoms with Crippen LogP contribution in [0.1, 0.15) is 251 Å². The highest BCUT2D eigenvalue weighted by Gasteiger charge is 2.21. The second-order valence-corrected chi connectivity index (χ2v) is 33.7. The fourth-order valence-corrected chi connectivity index (χ4v) is 15.5. The number of ketones is 2. The van der Waals surface area contributed by atoms with Gasteiger partial charge in [-0.25, -0.2) is 14.8 Å². The van der Waals surface area contributed by atoms with Gasteiger partial charge in [-0.15, -0.1) is 0 Å². The van der Waals surface area contributed by atoms with E-state index in [1.54, 1.807) is 12.1 Å². The minimum Gasteiger partial charge on any atom is -0.494 e. The smallest absolute Gasteiger partial charge is 0.337 e. The number of hydrogen-bond donors (Lipinski definition) is 4. The third-order valence-electron chi connectivity index (χ3n) is 22.0. The molecule has 5 N–H and O–H groups in total. The van der Waals surface area contributed by atoms with Gasteiger partial charge in [-0.1, -0.05) is 152 Å². The van der Waals surface area contributed by atoms with Gasteiger partial charge in [-0.3, -0.25) is 68.7 Å². The summed E-state index contributed by atoms with van der Waals surface area (Å²) in [5, 5.41) is 9.51. The van der Waals surface area contributed by atoms with Gasteiger partial charge in [0.1, 0.15) is 34.7 Å². The Balaban J connectivity index is 0.000000276. The molecule has 0 aliphatic heterocycles. The summed E-state index contributed by atoms with van der Waals surface area (Å²) >= 11 is 0. The summed E-state index contributed by atoms with van der Waals surface area (Å²) in [5.41, 5.74) is 20.7. The Hall–Kier alpha value is -12.0. The van der Waals surface area contributed by atoms with Crippen LogP contribution in [-0.4, -0.2) is 122 Å². The Morgan fingerprint density at radius 2 is 0.664 bits per heavy atom. The van der Waals surface area contributed by atoms with Crippen LogP contribution < -0.4 is 31.2 Å². The van der Waals surface area contributed by atoms with Crippen LogP contribution in [0.15, 0.2) is 231 Å². The van der Waals surface area contributed by atoms with Gasteiger partial charge in [0, 0.05) is 160 Å². The standard InChI is InChI=1S/C58H72N8O5.C49H64N8O3/c1-4-6-8-23-54(67)37-49-20-16-21-52(62-49)43-65(41-50-18-10-12-31-60-50)39-46-34-47(36-55(35-46)71-33-15-14-30-59-38-45-26-28-48(29-27-45)58(69)70-3)40-66(42-51-19-11-13-32-61-51)44-53-22-17-24-56(63-53)64-57(68)25-9-7-5-2;1-3-5-7-22-46(58)32-41-19-15-20-44(53-41)37-56(35-42-17-9-12-26-51-42)33-39-29-40(31-47(30-39)60-28-14-11-25-50)34-57(36-43-18-10-13-27-52-43)38-45-21-16-23-48(54-45)55-49(59)24-8-6-4-2/h10-13,16-22,24,26-29,31-32,34-36,59H,4-9,14-15,23,25,30,33,37-44H2,1-3H3,(H,63,64,68);9-10,12-13,15-21,23,26-27,29-31H,3-8,11,14,22,24-25,28,32-38,50H2,1-2H3,(H,54,55,59). The number of anilines is 2. The van der Waals surface area contributed by atoms with Gasteiger partial charge >= 0.3 is 5.97 Å². The van der Waals surface area contributed by atoms with E-state index in [0.29, 0.717) is 161 Å². The Morgan fingerprint density at radius 1 is 0.328 bits per heavy atom. The monoisotopic (exact) mass is 1770 g/mol. The van der Waals surface area contributed by atoms with Crippen molar-refractivity contribution in [2.24, 2.45) is 5.73 Å². The molecular weight excluding hydrogens is 1640 g/mol. The second-order valence-electron chi connectivity index (χ2n) is 33.7. The van der Waals surface area contributed by atoms with Crippen LogP contribution in [-0.2, 0) is 122 Å². The number of carbonyl (C=O) groups is 5. The Bertz CT molecular complexity index is 4900. The van der Waals surface area contributed by atoms with E-state index in [4.69, 9.17) is 44.9 Å². The van der Waals surface area contributed by atoms with Gasteiger partial charge in [-0.2, -0.15) is 0 Å². The first-order valence-electron chi connectivity index (χ1n) is 47.2. The maximum Gasteiger partial charge on any atom is 0.337 e. The van der Waals surface area contributed by atoms with E-state index >= 15 is 0 Å². The number of pyridine rings is 8. The number of benzene rings is 3. The molecule has 0 saturated carbocycles. The predicted octanol–water partition coefficient (Wildman–Crippen LogP) is 19.6. The van der Waals surface area contributed by atoms with Crippen molar-refractivity contribution in [3.63, 3.8) is 0 Å². The molecule has 11 aromatic rings. The van der Waals surface area contributed by atoms with Crippen LogP contribution in [0.5, 0.6) is 11.5 Å². The minimum atomic E-state index is -0.341. The minimum absolute atomic E-state index is 0.0114. The predicted molar refractivity (Wildman–Crippen MR) is 518 cm³/mol. The van der Waals surface area contributed by atoms with Crippen LogP contribution in [0, 0.1) is 0 Å². The molecule has 24 nitrogen and oxygen atoms in total. The molecular formula is C107H136N16O8. The molecule has 0 aliphatic rings. The van der Waals surface area contributed by atoms with Gasteiger partial charge in [0.05, 0.1) is 71.4 Å². The number of nitrogens with zero attached hydrogens (tertiary/aromatic N) is 12. The maximum atomic E-state index is 12.9. The molecule has 0 bridgehead atoms. The first-order chi connectivity index (χ1) is 64.1. The summed E-state index contributed by atoms with van der Waals surface area (Å²) in [4.78, 5) is 111. The van der Waals surface area contributed by atoms with Crippen LogP contribution in [0.4, 0.5) is 11.6 Å². The summed E-state index contributed by atoms with van der Waals surface area (Å²) in [6.07, 6.45) is 25.7. The molecule has 131 heavy (non-hydrogen) atoms. The van der Waals surface area contributed by atoms with Crippen molar-refractivity contribution < 1.29 is 38.2 Å². The SMILES string of the molecule is CCCCCC(=O)Cc1cccc(CN(Cc2cc(CN(Cc3ccccn3)Cc3cccc(NC(=O)CCCCC)n3)cc(OCCCCN)c2)Cc2ccccn2)n1.CCCCCC(=O)Cc1cccc(CN(Cc2cc(CN(Cc3ccccn3)Cc3cccc(NC(=O)CCCCC)n3)cc(OCCCCNCc3ccc(C(=O)OC)cc3)c2)Cc2ccccn2)n1. The van der Waals surface area contributed by atoms with E-state index in [1.807, 2.05) is 183 Å². The van der Waals surface area contributed by atoms with Crippen molar-refractivity contribution in [3.05, 3.63) is 321 Å². The van der Waals surface area contributed by atoms with Crippen LogP contribution >= 0.6 is 0 Å². The molecule has 0 aliphatic carbocycles. The fraction of sp³-hybridized carbons (Fsp3) is 0.411. The van der Waals surface area contributed by atoms with Crippen molar-refractivity contribution >= 4 is 41.0 Å². The van der Waals surface area contributed by atoms with Gasteiger partial charge in [0.25, 0.3) is 0 Å². The van der Waals surface area contributed by atoms with Gasteiger partial charge in [0.2, 0.25) is 11.8 Å². The number of esters is 1. The zero-order chi connectivity index (χ0) is 92.1. The molecule has 8 heterocycles. The van der Waals surface area contributed by atoms with E-state index in [-0.39, 0.29) is 29.4 Å². The van der Waals surface area contributed by atoms with E-state index in [2.05, 4.69) is 115 Å². The lowest BCUT2D eigenvalue weighted by molar-refractivity contribution is -0.119. The maximum absolute atomic E-state index is 12.9. The highest BCUT2D eigenvalue weighted by Crippen LogP contribution is 2.28. The lowest BCUT2D eigenvalue weighted by atomic mass is 10.1. The summed E-state index contributed by atoms with van der Waals surface area (Å²) in [7, 11) is 1.39. The van der Waals surface area contributed by atoms with Crippen molar-refractivity contribution in [3.8, 4) is 11.5 Å². The summed E-state index contributed by atoms with van der Waals surface area (Å²) in [6, 6.07) is 68.0. The number of hydrogen-bond acceptors (Lipinski definition) is 22. The highest BCUT2D eigenvalue weighted by atomic mass is 16.5. The molecule has 0 atom stereocenters. The summed E-state index contributed by atoms with van der Waals surface area (Å²) in [6.45, 7) is 18.8. The molecule has 11 rings (SSSR count). The number of unbranched alkanes of at least 4 members (excludes halogenated alkanes) is 10. The third kappa shape index (κ3) is 39.7. The molecule has 2 amide bonds.